The van der Waals surface area contributed by atoms with Gasteiger partial charge in [-0.2, -0.15) is 0 Å². The van der Waals surface area contributed by atoms with Crippen LogP contribution >= 0.6 is 0 Å². The molecule has 0 aliphatic heterocycles. The summed E-state index contributed by atoms with van der Waals surface area (Å²) in [6.07, 6.45) is 3.61. The van der Waals surface area contributed by atoms with Gasteiger partial charge in [0, 0.05) is 0 Å². The van der Waals surface area contributed by atoms with Crippen LogP contribution in [0.2, 0.25) is 0 Å². The lowest BCUT2D eigenvalue weighted by Crippen LogP contribution is -2.20. The van der Waals surface area contributed by atoms with Gasteiger partial charge >= 0.3 is 11.9 Å². The first-order valence-corrected chi connectivity index (χ1v) is 6.41. The third kappa shape index (κ3) is 4.51. The molecule has 0 heterocycles. The second kappa shape index (κ2) is 6.03. The quantitative estimate of drug-likeness (QED) is 0.430. The minimum atomic E-state index is -0.532. The number of ether oxygens (including phenoxy) is 2. The van der Waals surface area contributed by atoms with E-state index >= 15 is 0 Å². The Morgan fingerprint density at radius 1 is 1.39 bits per heavy atom. The highest BCUT2D eigenvalue weighted by Crippen LogP contribution is 2.36. The fourth-order valence-corrected chi connectivity index (χ4v) is 2.08. The maximum Gasteiger partial charge on any atom is 0.317 e. The molecule has 1 rings (SSSR count). The van der Waals surface area contributed by atoms with Crippen LogP contribution < -0.4 is 0 Å². The number of hydrogen-bond acceptors (Lipinski definition) is 4. The van der Waals surface area contributed by atoms with Crippen molar-refractivity contribution in [2.24, 2.45) is 5.41 Å². The Labute approximate surface area is 108 Å². The Morgan fingerprint density at radius 2 is 2.06 bits per heavy atom. The summed E-state index contributed by atoms with van der Waals surface area (Å²) in [7, 11) is 0. The highest BCUT2D eigenvalue weighted by atomic mass is 16.6. The normalized spacial score (nSPS) is 19.0. The molecule has 1 atom stereocenters. The molecule has 102 valence electrons. The average molecular weight is 254 g/mol. The number of carbonyl (C=O) groups excluding carboxylic acids is 2. The van der Waals surface area contributed by atoms with Crippen molar-refractivity contribution in [3.8, 4) is 0 Å². The van der Waals surface area contributed by atoms with Crippen LogP contribution in [0.3, 0.4) is 0 Å². The van der Waals surface area contributed by atoms with E-state index in [1.165, 1.54) is 0 Å². The third-order valence-corrected chi connectivity index (χ3v) is 3.06. The minimum Gasteiger partial charge on any atom is -0.466 e. The summed E-state index contributed by atoms with van der Waals surface area (Å²) >= 11 is 0. The molecule has 0 amide bonds. The smallest absolute Gasteiger partial charge is 0.317 e. The molecular weight excluding hydrogens is 232 g/mol. The van der Waals surface area contributed by atoms with Crippen LogP contribution in [0.5, 0.6) is 0 Å². The highest BCUT2D eigenvalue weighted by molar-refractivity contribution is 5.91. The first-order valence-electron chi connectivity index (χ1n) is 6.41. The van der Waals surface area contributed by atoms with E-state index in [1.807, 2.05) is 6.92 Å². The highest BCUT2D eigenvalue weighted by Gasteiger charge is 2.27. The van der Waals surface area contributed by atoms with E-state index in [0.717, 1.165) is 18.4 Å². The van der Waals surface area contributed by atoms with Crippen molar-refractivity contribution in [1.29, 1.82) is 0 Å². The van der Waals surface area contributed by atoms with Crippen LogP contribution in [-0.2, 0) is 19.1 Å². The molecule has 0 fully saturated rings. The van der Waals surface area contributed by atoms with Gasteiger partial charge in [-0.15, -0.1) is 0 Å². The van der Waals surface area contributed by atoms with Gasteiger partial charge < -0.3 is 9.47 Å². The molecule has 0 aromatic heterocycles. The molecule has 18 heavy (non-hydrogen) atoms. The number of rotatable bonds is 5. The van der Waals surface area contributed by atoms with Gasteiger partial charge in [0.2, 0.25) is 0 Å². The summed E-state index contributed by atoms with van der Waals surface area (Å²) < 4.78 is 9.93. The molecule has 0 N–H and O–H groups in total. The monoisotopic (exact) mass is 254 g/mol. The molecule has 0 spiro atoms. The third-order valence-electron chi connectivity index (χ3n) is 3.06. The Balaban J connectivity index is 2.43. The standard InChI is InChI=1S/C14H22O4/c1-5-17-12(15)8-13(16)18-10(2)11-6-7-14(3,4)9-11/h9-10H,5-8H2,1-4H3. The second-order valence-corrected chi connectivity index (χ2v) is 5.32. The van der Waals surface area contributed by atoms with Crippen LogP contribution in [0, 0.1) is 5.41 Å². The number of esters is 2. The molecule has 0 bridgehead atoms. The minimum absolute atomic E-state index is 0.178. The number of hydrogen-bond donors (Lipinski definition) is 0. The van der Waals surface area contributed by atoms with E-state index in [2.05, 4.69) is 19.9 Å². The predicted molar refractivity (Wildman–Crippen MR) is 67.9 cm³/mol. The largest absolute Gasteiger partial charge is 0.466 e. The van der Waals surface area contributed by atoms with Crippen LogP contribution in [0.25, 0.3) is 0 Å². The number of allylic oxidation sites excluding steroid dienone is 1. The van der Waals surface area contributed by atoms with E-state index in [9.17, 15) is 9.59 Å². The fourth-order valence-electron chi connectivity index (χ4n) is 2.08. The van der Waals surface area contributed by atoms with Crippen molar-refractivity contribution in [1.82, 2.24) is 0 Å². The Hall–Kier alpha value is -1.32. The topological polar surface area (TPSA) is 52.6 Å². The predicted octanol–water partition coefficient (Wildman–Crippen LogP) is 2.62. The molecular formula is C14H22O4. The van der Waals surface area contributed by atoms with E-state index in [0.29, 0.717) is 0 Å². The molecule has 4 nitrogen and oxygen atoms in total. The molecule has 1 aliphatic carbocycles. The van der Waals surface area contributed by atoms with E-state index in [-0.39, 0.29) is 24.5 Å². The van der Waals surface area contributed by atoms with E-state index in [1.54, 1.807) is 6.92 Å². The lowest BCUT2D eigenvalue weighted by atomic mass is 9.94. The van der Waals surface area contributed by atoms with E-state index in [4.69, 9.17) is 9.47 Å². The molecule has 0 radical (unpaired) electrons. The Bertz CT molecular complexity index is 355. The molecule has 4 heteroatoms. The number of carbonyl (C=O) groups is 2. The van der Waals surface area contributed by atoms with Crippen molar-refractivity contribution in [3.63, 3.8) is 0 Å². The average Bonchev–Trinajstić information content (AvgIpc) is 2.58. The molecule has 0 aromatic rings. The maximum absolute atomic E-state index is 11.5. The molecule has 1 unspecified atom stereocenters. The van der Waals surface area contributed by atoms with Crippen molar-refractivity contribution < 1.29 is 19.1 Å². The van der Waals surface area contributed by atoms with Gasteiger partial charge in [0.15, 0.2) is 0 Å². The van der Waals surface area contributed by atoms with Gasteiger partial charge in [0.05, 0.1) is 6.61 Å². The molecule has 0 saturated heterocycles. The first kappa shape index (κ1) is 14.7. The molecule has 0 aromatic carbocycles. The summed E-state index contributed by atoms with van der Waals surface area (Å²) in [5, 5.41) is 0. The van der Waals surface area contributed by atoms with Gasteiger partial charge in [-0.3, -0.25) is 9.59 Å². The Kier molecular flexibility index (Phi) is 4.93. The molecule has 1 aliphatic rings. The Morgan fingerprint density at radius 3 is 2.56 bits per heavy atom. The van der Waals surface area contributed by atoms with Gasteiger partial charge in [0.25, 0.3) is 0 Å². The zero-order chi connectivity index (χ0) is 13.8. The SMILES string of the molecule is CCOC(=O)CC(=O)OC(C)C1=CC(C)(C)CC1. The van der Waals surface area contributed by atoms with Gasteiger partial charge in [-0.25, -0.2) is 0 Å². The van der Waals surface area contributed by atoms with Gasteiger partial charge in [-0.05, 0) is 37.7 Å². The zero-order valence-electron chi connectivity index (χ0n) is 11.6. The van der Waals surface area contributed by atoms with Crippen LogP contribution in [-0.4, -0.2) is 24.6 Å². The summed E-state index contributed by atoms with van der Waals surface area (Å²) in [6, 6.07) is 0. The van der Waals surface area contributed by atoms with Crippen molar-refractivity contribution in [2.75, 3.05) is 6.61 Å². The van der Waals surface area contributed by atoms with Crippen LogP contribution in [0.1, 0.15) is 47.0 Å². The van der Waals surface area contributed by atoms with Crippen molar-refractivity contribution >= 4 is 11.9 Å². The van der Waals surface area contributed by atoms with Crippen molar-refractivity contribution in [2.45, 2.75) is 53.1 Å². The fraction of sp³-hybridized carbons (Fsp3) is 0.714. The summed E-state index contributed by atoms with van der Waals surface area (Å²) in [5.41, 5.74) is 1.31. The first-order chi connectivity index (χ1) is 8.34. The summed E-state index contributed by atoms with van der Waals surface area (Å²) in [4.78, 5) is 22.6. The summed E-state index contributed by atoms with van der Waals surface area (Å²) in [5.74, 6) is -1.05. The summed E-state index contributed by atoms with van der Waals surface area (Å²) in [6.45, 7) is 8.15. The van der Waals surface area contributed by atoms with E-state index < -0.39 is 11.9 Å². The van der Waals surface area contributed by atoms with Crippen LogP contribution in [0.4, 0.5) is 0 Å². The zero-order valence-corrected chi connectivity index (χ0v) is 11.6. The molecule has 0 saturated carbocycles. The van der Waals surface area contributed by atoms with Crippen molar-refractivity contribution in [3.05, 3.63) is 11.6 Å². The lowest BCUT2D eigenvalue weighted by molar-refractivity contribution is -0.155. The van der Waals surface area contributed by atoms with Gasteiger partial charge in [0.1, 0.15) is 12.5 Å². The van der Waals surface area contributed by atoms with Crippen LogP contribution in [0.15, 0.2) is 11.6 Å². The van der Waals surface area contributed by atoms with Gasteiger partial charge in [-0.1, -0.05) is 19.9 Å². The lowest BCUT2D eigenvalue weighted by Gasteiger charge is -2.14. The second-order valence-electron chi connectivity index (χ2n) is 5.32. The maximum atomic E-state index is 11.5.